The SMILES string of the molecule is CNC(=O)c1cc(Nc2cc(Oc3ccc(N(C(N)=O)c4cc(C(C)(C)C)cc(P(C)(C)=O)c4OC)c4ccccc34)ccn2)cc(OCCN2CCOCC2)c1. The van der Waals surface area contributed by atoms with Crippen LogP contribution in [-0.4, -0.2) is 88.8 Å². The van der Waals surface area contributed by atoms with E-state index in [0.29, 0.717) is 87.3 Å². The van der Waals surface area contributed by atoms with Crippen molar-refractivity contribution in [3.8, 4) is 23.0 Å². The number of nitrogens with one attached hydrogen (secondary N) is 2. The number of urea groups is 1. The second-order valence-electron chi connectivity index (χ2n) is 15.2. The Morgan fingerprint density at radius 1 is 0.947 bits per heavy atom. The molecule has 1 saturated heterocycles. The fourth-order valence-electron chi connectivity index (χ4n) is 6.68. The van der Waals surface area contributed by atoms with E-state index in [9.17, 15) is 14.2 Å². The number of morpholine rings is 1. The van der Waals surface area contributed by atoms with Crippen molar-refractivity contribution in [3.63, 3.8) is 0 Å². The summed E-state index contributed by atoms with van der Waals surface area (Å²) in [4.78, 5) is 34.3. The number of primary amides is 1. The zero-order chi connectivity index (χ0) is 40.9. The number of rotatable bonds is 13. The zero-order valence-electron chi connectivity index (χ0n) is 33.5. The molecule has 14 heteroatoms. The van der Waals surface area contributed by atoms with Crippen molar-refractivity contribution in [2.75, 3.05) is 77.2 Å². The van der Waals surface area contributed by atoms with Gasteiger partial charge in [-0.05, 0) is 66.8 Å². The van der Waals surface area contributed by atoms with Crippen LogP contribution in [0.1, 0.15) is 36.7 Å². The Bertz CT molecular complexity index is 2320. The minimum absolute atomic E-state index is 0.247. The van der Waals surface area contributed by atoms with Gasteiger partial charge in [-0.1, -0.05) is 45.0 Å². The van der Waals surface area contributed by atoms with Gasteiger partial charge in [-0.2, -0.15) is 0 Å². The molecule has 0 bridgehead atoms. The Morgan fingerprint density at radius 3 is 2.35 bits per heavy atom. The molecule has 300 valence electrons. The van der Waals surface area contributed by atoms with Gasteiger partial charge in [0.15, 0.2) is 5.75 Å². The number of nitrogens with zero attached hydrogens (tertiary/aromatic N) is 3. The third-order valence-corrected chi connectivity index (χ3v) is 11.2. The molecular formula is C43H51N6O7P. The summed E-state index contributed by atoms with van der Waals surface area (Å²) in [6.07, 6.45) is 1.62. The van der Waals surface area contributed by atoms with Gasteiger partial charge in [0, 0.05) is 67.0 Å². The van der Waals surface area contributed by atoms with Gasteiger partial charge in [-0.25, -0.2) is 9.78 Å². The fraction of sp³-hybridized carbons (Fsp3) is 0.326. The van der Waals surface area contributed by atoms with Gasteiger partial charge in [0.25, 0.3) is 5.91 Å². The molecule has 13 nitrogen and oxygen atoms in total. The lowest BCUT2D eigenvalue weighted by Gasteiger charge is -2.30. The molecule has 0 radical (unpaired) electrons. The van der Waals surface area contributed by atoms with E-state index in [1.54, 1.807) is 63.0 Å². The van der Waals surface area contributed by atoms with Crippen LogP contribution in [0.2, 0.25) is 0 Å². The maximum atomic E-state index is 13.6. The predicted molar refractivity (Wildman–Crippen MR) is 227 cm³/mol. The van der Waals surface area contributed by atoms with Crippen LogP contribution in [0.3, 0.4) is 0 Å². The van der Waals surface area contributed by atoms with E-state index in [1.165, 1.54) is 12.0 Å². The van der Waals surface area contributed by atoms with Gasteiger partial charge in [0.2, 0.25) is 0 Å². The third-order valence-electron chi connectivity index (χ3n) is 9.67. The first-order chi connectivity index (χ1) is 27.2. The second kappa shape index (κ2) is 17.3. The Kier molecular flexibility index (Phi) is 12.4. The summed E-state index contributed by atoms with van der Waals surface area (Å²) in [5.74, 6) is 2.12. The van der Waals surface area contributed by atoms with Crippen LogP contribution >= 0.6 is 7.14 Å². The zero-order valence-corrected chi connectivity index (χ0v) is 34.4. The van der Waals surface area contributed by atoms with E-state index < -0.39 is 13.2 Å². The van der Waals surface area contributed by atoms with Gasteiger partial charge in [0.05, 0.1) is 37.0 Å². The fourth-order valence-corrected chi connectivity index (χ4v) is 7.82. The molecule has 6 rings (SSSR count). The van der Waals surface area contributed by atoms with Crippen molar-refractivity contribution in [1.29, 1.82) is 0 Å². The van der Waals surface area contributed by atoms with E-state index in [2.05, 4.69) is 41.3 Å². The van der Waals surface area contributed by atoms with Crippen molar-refractivity contribution in [1.82, 2.24) is 15.2 Å². The van der Waals surface area contributed by atoms with Crippen molar-refractivity contribution in [2.45, 2.75) is 26.2 Å². The van der Waals surface area contributed by atoms with Crippen molar-refractivity contribution >= 4 is 58.0 Å². The van der Waals surface area contributed by atoms with Crippen LogP contribution in [0.5, 0.6) is 23.0 Å². The molecule has 1 aliphatic heterocycles. The summed E-state index contributed by atoms with van der Waals surface area (Å²) in [6.45, 7) is 13.8. The standard InChI is InChI=1S/C43H51N6O7P/c1-43(2,3)29-24-36(40(53-5)38(25-29)57(6,7)52)49(42(44)51)35-12-13-37(34-11-9-8-10-33(34)35)56-31-14-15-46-39(27-31)47-30-22-28(41(50)45-4)23-32(26-30)55-21-18-48-16-19-54-20-17-48/h8-15,22-27H,16-21H2,1-7H3,(H2,44,51)(H,45,50)(H,46,47). The van der Waals surface area contributed by atoms with E-state index in [-0.39, 0.29) is 11.3 Å². The van der Waals surface area contributed by atoms with Crippen LogP contribution in [0.4, 0.5) is 27.7 Å². The van der Waals surface area contributed by atoms with E-state index >= 15 is 0 Å². The molecule has 0 saturated carbocycles. The normalized spacial score (nSPS) is 13.5. The molecule has 1 aromatic heterocycles. The topological polar surface area (TPSA) is 158 Å². The Balaban J connectivity index is 1.31. The average molecular weight is 795 g/mol. The molecule has 0 unspecified atom stereocenters. The summed E-state index contributed by atoms with van der Waals surface area (Å²) >= 11 is 0. The minimum Gasteiger partial charge on any atom is -0.494 e. The van der Waals surface area contributed by atoms with E-state index in [1.807, 2.05) is 42.5 Å². The Morgan fingerprint density at radius 2 is 1.68 bits per heavy atom. The molecule has 1 aliphatic rings. The average Bonchev–Trinajstić information content (AvgIpc) is 3.17. The first-order valence-electron chi connectivity index (χ1n) is 18.8. The molecule has 5 aromatic rings. The highest BCUT2D eigenvalue weighted by atomic mass is 31.2. The van der Waals surface area contributed by atoms with Crippen LogP contribution in [0, 0.1) is 0 Å². The molecule has 2 heterocycles. The lowest BCUT2D eigenvalue weighted by molar-refractivity contribution is 0.0322. The molecule has 57 heavy (non-hydrogen) atoms. The Hall–Kier alpha value is -5.62. The smallest absolute Gasteiger partial charge is 0.324 e. The number of fused-ring (bicyclic) bond motifs is 1. The highest BCUT2D eigenvalue weighted by Gasteiger charge is 2.30. The lowest BCUT2D eigenvalue weighted by Crippen LogP contribution is -2.38. The first-order valence-corrected chi connectivity index (χ1v) is 21.4. The monoisotopic (exact) mass is 794 g/mol. The number of carbonyl (C=O) groups is 2. The number of ether oxygens (including phenoxy) is 4. The predicted octanol–water partition coefficient (Wildman–Crippen LogP) is 7.61. The maximum absolute atomic E-state index is 13.6. The number of amides is 3. The largest absolute Gasteiger partial charge is 0.494 e. The van der Waals surface area contributed by atoms with Gasteiger partial charge in [-0.3, -0.25) is 14.6 Å². The highest BCUT2D eigenvalue weighted by Crippen LogP contribution is 2.47. The number of anilines is 4. The minimum atomic E-state index is -2.86. The van der Waals surface area contributed by atoms with Crippen LogP contribution in [-0.2, 0) is 14.7 Å². The highest BCUT2D eigenvalue weighted by molar-refractivity contribution is 7.70. The molecule has 4 N–H and O–H groups in total. The number of benzene rings is 4. The van der Waals surface area contributed by atoms with Crippen LogP contribution < -0.4 is 40.8 Å². The van der Waals surface area contributed by atoms with Crippen molar-refractivity contribution in [2.24, 2.45) is 5.73 Å². The number of carbonyl (C=O) groups excluding carboxylic acids is 2. The second-order valence-corrected chi connectivity index (χ2v) is 18.4. The molecule has 0 aliphatic carbocycles. The maximum Gasteiger partial charge on any atom is 0.324 e. The van der Waals surface area contributed by atoms with E-state index in [4.69, 9.17) is 24.7 Å². The number of hydrogen-bond donors (Lipinski definition) is 3. The molecular weight excluding hydrogens is 743 g/mol. The summed E-state index contributed by atoms with van der Waals surface area (Å²) in [5, 5.41) is 7.91. The Labute approximate surface area is 333 Å². The molecule has 0 spiro atoms. The molecule has 0 atom stereocenters. The number of hydrogen-bond acceptors (Lipinski definition) is 10. The number of pyridine rings is 1. The number of aromatic nitrogens is 1. The number of nitrogens with two attached hydrogens (primary N) is 1. The van der Waals surface area contributed by atoms with Crippen LogP contribution in [0.15, 0.2) is 85.1 Å². The quantitative estimate of drug-likeness (QED) is 0.101. The van der Waals surface area contributed by atoms with Crippen molar-refractivity contribution < 1.29 is 33.1 Å². The van der Waals surface area contributed by atoms with Gasteiger partial charge < -0.3 is 39.9 Å². The van der Waals surface area contributed by atoms with Crippen LogP contribution in [0.25, 0.3) is 10.8 Å². The summed E-state index contributed by atoms with van der Waals surface area (Å²) in [7, 11) is 0.220. The van der Waals surface area contributed by atoms with Crippen molar-refractivity contribution in [3.05, 3.63) is 96.2 Å². The third kappa shape index (κ3) is 9.68. The lowest BCUT2D eigenvalue weighted by atomic mass is 9.86. The summed E-state index contributed by atoms with van der Waals surface area (Å²) in [6, 6.07) is 22.9. The molecule has 3 amide bonds. The number of methoxy groups -OCH3 is 1. The summed E-state index contributed by atoms with van der Waals surface area (Å²) in [5.41, 5.74) is 8.64. The van der Waals surface area contributed by atoms with Gasteiger partial charge in [-0.15, -0.1) is 0 Å². The summed E-state index contributed by atoms with van der Waals surface area (Å²) < 4.78 is 37.5. The molecule has 4 aromatic carbocycles. The van der Waals surface area contributed by atoms with E-state index in [0.717, 1.165) is 25.2 Å². The molecule has 1 fully saturated rings. The first kappa shape index (κ1) is 41.0. The van der Waals surface area contributed by atoms with Gasteiger partial charge in [0.1, 0.15) is 36.8 Å². The van der Waals surface area contributed by atoms with Gasteiger partial charge >= 0.3 is 6.03 Å².